The maximum Gasteiger partial charge on any atom is 0.0361 e. The summed E-state index contributed by atoms with van der Waals surface area (Å²) in [5.41, 5.74) is 1.17. The molecule has 0 radical (unpaired) electrons. The number of nitrogens with zero attached hydrogens (tertiary/aromatic N) is 1. The van der Waals surface area contributed by atoms with Crippen LogP contribution in [-0.2, 0) is 0 Å². The zero-order chi connectivity index (χ0) is 9.23. The Labute approximate surface area is 75.2 Å². The van der Waals surface area contributed by atoms with Gasteiger partial charge in [0.25, 0.3) is 0 Å². The molecule has 1 rings (SSSR count). The minimum atomic E-state index is 0.856. The second-order valence-electron chi connectivity index (χ2n) is 2.04. The Morgan fingerprint density at radius 2 is 1.75 bits per heavy atom. The predicted molar refractivity (Wildman–Crippen MR) is 55.9 cm³/mol. The van der Waals surface area contributed by atoms with Gasteiger partial charge >= 0.3 is 0 Å². The van der Waals surface area contributed by atoms with E-state index in [9.17, 15) is 0 Å². The zero-order valence-electron chi connectivity index (χ0n) is 8.12. The summed E-state index contributed by atoms with van der Waals surface area (Å²) in [5, 5.41) is 0. The SMILES string of the molecule is CC.CCN=Cc1ccccc1. The number of aliphatic imine (C=N–C) groups is 1. The third kappa shape index (κ3) is 4.67. The van der Waals surface area contributed by atoms with Crippen molar-refractivity contribution in [3.8, 4) is 0 Å². The van der Waals surface area contributed by atoms with Gasteiger partial charge in [-0.05, 0) is 12.5 Å². The molecule has 0 unspecified atom stereocenters. The fourth-order valence-electron chi connectivity index (χ4n) is 0.736. The van der Waals surface area contributed by atoms with E-state index in [0.717, 1.165) is 6.54 Å². The van der Waals surface area contributed by atoms with Crippen LogP contribution < -0.4 is 0 Å². The second kappa shape index (κ2) is 7.99. The van der Waals surface area contributed by atoms with Crippen molar-refractivity contribution >= 4 is 6.21 Å². The summed E-state index contributed by atoms with van der Waals surface area (Å²) in [7, 11) is 0. The van der Waals surface area contributed by atoms with Crippen LogP contribution in [0.5, 0.6) is 0 Å². The van der Waals surface area contributed by atoms with Crippen molar-refractivity contribution in [2.45, 2.75) is 20.8 Å². The summed E-state index contributed by atoms with van der Waals surface area (Å²) in [4.78, 5) is 4.12. The molecule has 1 nitrogen and oxygen atoms in total. The lowest BCUT2D eigenvalue weighted by Gasteiger charge is -1.87. The van der Waals surface area contributed by atoms with E-state index in [-0.39, 0.29) is 0 Å². The monoisotopic (exact) mass is 163 g/mol. The van der Waals surface area contributed by atoms with Crippen molar-refractivity contribution in [2.24, 2.45) is 4.99 Å². The Balaban J connectivity index is 0.000000561. The zero-order valence-corrected chi connectivity index (χ0v) is 8.12. The minimum absolute atomic E-state index is 0.856. The molecule has 0 aliphatic heterocycles. The fourth-order valence-corrected chi connectivity index (χ4v) is 0.736. The predicted octanol–water partition coefficient (Wildman–Crippen LogP) is 3.15. The Hall–Kier alpha value is -1.11. The van der Waals surface area contributed by atoms with E-state index >= 15 is 0 Å². The molecule has 0 atom stereocenters. The van der Waals surface area contributed by atoms with Crippen molar-refractivity contribution in [2.75, 3.05) is 6.54 Å². The number of benzene rings is 1. The van der Waals surface area contributed by atoms with E-state index in [4.69, 9.17) is 0 Å². The van der Waals surface area contributed by atoms with Crippen LogP contribution in [0.1, 0.15) is 26.3 Å². The van der Waals surface area contributed by atoms with Crippen LogP contribution in [0, 0.1) is 0 Å². The molecule has 66 valence electrons. The Bertz CT molecular complexity index is 202. The molecule has 1 aromatic carbocycles. The molecule has 0 saturated carbocycles. The highest BCUT2D eigenvalue weighted by atomic mass is 14.7. The maximum atomic E-state index is 4.12. The van der Waals surface area contributed by atoms with Crippen molar-refractivity contribution < 1.29 is 0 Å². The van der Waals surface area contributed by atoms with E-state index in [1.54, 1.807) is 0 Å². The first kappa shape index (κ1) is 10.9. The molecule has 0 saturated heterocycles. The summed E-state index contributed by atoms with van der Waals surface area (Å²) < 4.78 is 0. The van der Waals surface area contributed by atoms with Gasteiger partial charge in [-0.3, -0.25) is 4.99 Å². The first-order chi connectivity index (χ1) is 5.93. The fraction of sp³-hybridized carbons (Fsp3) is 0.364. The molecule has 12 heavy (non-hydrogen) atoms. The van der Waals surface area contributed by atoms with Crippen molar-refractivity contribution in [3.63, 3.8) is 0 Å². The minimum Gasteiger partial charge on any atom is -0.293 e. The Morgan fingerprint density at radius 3 is 2.25 bits per heavy atom. The van der Waals surface area contributed by atoms with Crippen molar-refractivity contribution in [1.82, 2.24) is 0 Å². The molecular formula is C11H17N. The highest BCUT2D eigenvalue weighted by Gasteiger charge is 1.80. The van der Waals surface area contributed by atoms with Crippen LogP contribution >= 0.6 is 0 Å². The van der Waals surface area contributed by atoms with Crippen LogP contribution in [0.25, 0.3) is 0 Å². The molecule has 0 bridgehead atoms. The molecule has 0 aliphatic rings. The lowest BCUT2D eigenvalue weighted by atomic mass is 10.2. The summed E-state index contributed by atoms with van der Waals surface area (Å²) in [6, 6.07) is 10.1. The Morgan fingerprint density at radius 1 is 1.17 bits per heavy atom. The third-order valence-electron chi connectivity index (χ3n) is 1.22. The van der Waals surface area contributed by atoms with Crippen LogP contribution in [0.3, 0.4) is 0 Å². The van der Waals surface area contributed by atoms with Gasteiger partial charge in [0.1, 0.15) is 0 Å². The normalized spacial score (nSPS) is 9.25. The summed E-state index contributed by atoms with van der Waals surface area (Å²) in [6.45, 7) is 6.88. The quantitative estimate of drug-likeness (QED) is 0.594. The summed E-state index contributed by atoms with van der Waals surface area (Å²) >= 11 is 0. The third-order valence-corrected chi connectivity index (χ3v) is 1.22. The van der Waals surface area contributed by atoms with Crippen molar-refractivity contribution in [3.05, 3.63) is 35.9 Å². The van der Waals surface area contributed by atoms with Crippen molar-refractivity contribution in [1.29, 1.82) is 0 Å². The van der Waals surface area contributed by atoms with Gasteiger partial charge in [0.15, 0.2) is 0 Å². The molecule has 0 fully saturated rings. The standard InChI is InChI=1S/C9H11N.C2H6/c1-2-10-8-9-6-4-3-5-7-9;1-2/h3-8H,2H2,1H3;1-2H3. The molecule has 0 amide bonds. The van der Waals surface area contributed by atoms with E-state index < -0.39 is 0 Å². The van der Waals surface area contributed by atoms with Crippen LogP contribution in [-0.4, -0.2) is 12.8 Å². The molecule has 0 N–H and O–H groups in total. The van der Waals surface area contributed by atoms with Gasteiger partial charge in [0, 0.05) is 12.8 Å². The second-order valence-corrected chi connectivity index (χ2v) is 2.04. The topological polar surface area (TPSA) is 12.4 Å². The first-order valence-electron chi connectivity index (χ1n) is 4.48. The molecule has 0 aliphatic carbocycles. The molecular weight excluding hydrogens is 146 g/mol. The number of rotatable bonds is 2. The maximum absolute atomic E-state index is 4.12. The van der Waals surface area contributed by atoms with Gasteiger partial charge in [-0.2, -0.15) is 0 Å². The Kier molecular flexibility index (Phi) is 7.25. The van der Waals surface area contributed by atoms with Gasteiger partial charge in [0.2, 0.25) is 0 Å². The van der Waals surface area contributed by atoms with Gasteiger partial charge < -0.3 is 0 Å². The van der Waals surface area contributed by atoms with E-state index in [2.05, 4.69) is 4.99 Å². The largest absolute Gasteiger partial charge is 0.293 e. The van der Waals surface area contributed by atoms with Crippen LogP contribution in [0.15, 0.2) is 35.3 Å². The lowest BCUT2D eigenvalue weighted by molar-refractivity contribution is 1.14. The molecule has 1 aromatic rings. The smallest absolute Gasteiger partial charge is 0.0361 e. The van der Waals surface area contributed by atoms with Gasteiger partial charge in [0.05, 0.1) is 0 Å². The van der Waals surface area contributed by atoms with Crippen LogP contribution in [0.2, 0.25) is 0 Å². The van der Waals surface area contributed by atoms with E-state index in [0.29, 0.717) is 0 Å². The molecule has 0 heterocycles. The molecule has 0 aromatic heterocycles. The number of hydrogen-bond acceptors (Lipinski definition) is 1. The highest BCUT2D eigenvalue weighted by Crippen LogP contribution is 1.93. The molecule has 1 heteroatoms. The summed E-state index contributed by atoms with van der Waals surface area (Å²) in [6.07, 6.45) is 1.89. The first-order valence-corrected chi connectivity index (χ1v) is 4.48. The average Bonchev–Trinajstić information content (AvgIpc) is 2.19. The van der Waals surface area contributed by atoms with E-state index in [1.165, 1.54) is 5.56 Å². The van der Waals surface area contributed by atoms with E-state index in [1.807, 2.05) is 57.3 Å². The van der Waals surface area contributed by atoms with Gasteiger partial charge in [-0.1, -0.05) is 44.2 Å². The lowest BCUT2D eigenvalue weighted by Crippen LogP contribution is -1.78. The molecule has 0 spiro atoms. The van der Waals surface area contributed by atoms with Gasteiger partial charge in [-0.25, -0.2) is 0 Å². The van der Waals surface area contributed by atoms with Gasteiger partial charge in [-0.15, -0.1) is 0 Å². The van der Waals surface area contributed by atoms with Crippen LogP contribution in [0.4, 0.5) is 0 Å². The number of hydrogen-bond donors (Lipinski definition) is 0. The highest BCUT2D eigenvalue weighted by molar-refractivity contribution is 5.79. The average molecular weight is 163 g/mol. The summed E-state index contributed by atoms with van der Waals surface area (Å²) in [5.74, 6) is 0.